The molecule has 6 nitrogen and oxygen atoms in total. The number of rotatable bonds is 49. The lowest BCUT2D eigenvalue weighted by molar-refractivity contribution is -0.151. The van der Waals surface area contributed by atoms with E-state index in [0.29, 0.717) is 19.3 Å². The van der Waals surface area contributed by atoms with E-state index in [1.165, 1.54) is 218 Å². The largest absolute Gasteiger partial charge is 0.462 e. The Labute approximate surface area is 368 Å². The highest BCUT2D eigenvalue weighted by Gasteiger charge is 2.24. The first-order chi connectivity index (χ1) is 29.0. The number of hydrogen-bond donors (Lipinski definition) is 3. The standard InChI is InChI=1S/C53H105NO5/c1-4-7-10-13-16-19-21-23-25-26-28-30-32-34-37-40-43-46-53(58)59-49(44-41-38-35-18-15-12-9-6-3)47-52(57)54-50(48-55)51(56)45-42-39-36-33-31-29-27-24-22-20-17-14-11-8-5-2/h49-51,55-56H,4-48H2,1-3H3,(H,54,57). The summed E-state index contributed by atoms with van der Waals surface area (Å²) in [6, 6.07) is -0.691. The molecule has 1 amide bonds. The molecule has 3 unspecified atom stereocenters. The minimum atomic E-state index is -0.778. The van der Waals surface area contributed by atoms with Gasteiger partial charge in [-0.2, -0.15) is 0 Å². The van der Waals surface area contributed by atoms with Crippen molar-refractivity contribution in [1.82, 2.24) is 5.32 Å². The molecule has 0 saturated heterocycles. The number of nitrogens with one attached hydrogen (secondary N) is 1. The monoisotopic (exact) mass is 836 g/mol. The molecule has 0 aliphatic heterocycles. The molecule has 0 saturated carbocycles. The topological polar surface area (TPSA) is 95.9 Å². The van der Waals surface area contributed by atoms with Crippen molar-refractivity contribution in [2.45, 2.75) is 322 Å². The SMILES string of the molecule is CCCCCCCCCCCCCCCCCCCC(=O)OC(CCCCCCCCCC)CC(=O)NC(CO)C(O)CCCCCCCCCCCCCCCCC. The van der Waals surface area contributed by atoms with Crippen LogP contribution >= 0.6 is 0 Å². The highest BCUT2D eigenvalue weighted by Crippen LogP contribution is 2.19. The second kappa shape index (κ2) is 47.9. The summed E-state index contributed by atoms with van der Waals surface area (Å²) in [4.78, 5) is 26.1. The van der Waals surface area contributed by atoms with Gasteiger partial charge in [0.15, 0.2) is 0 Å². The van der Waals surface area contributed by atoms with E-state index >= 15 is 0 Å². The summed E-state index contributed by atoms with van der Waals surface area (Å²) >= 11 is 0. The van der Waals surface area contributed by atoms with Crippen molar-refractivity contribution in [2.24, 2.45) is 0 Å². The highest BCUT2D eigenvalue weighted by atomic mass is 16.5. The number of aliphatic hydroxyl groups is 2. The molecule has 6 heteroatoms. The number of unbranched alkanes of at least 4 members (excludes halogenated alkanes) is 37. The van der Waals surface area contributed by atoms with Gasteiger partial charge in [0.25, 0.3) is 0 Å². The van der Waals surface area contributed by atoms with Crippen LogP contribution < -0.4 is 5.32 Å². The lowest BCUT2D eigenvalue weighted by atomic mass is 10.0. The predicted octanol–water partition coefficient (Wildman–Crippen LogP) is 16.0. The number of ether oxygens (including phenoxy) is 1. The zero-order valence-electron chi connectivity index (χ0n) is 40.2. The number of aliphatic hydroxyl groups excluding tert-OH is 2. The molecule has 0 aromatic carbocycles. The van der Waals surface area contributed by atoms with Gasteiger partial charge < -0.3 is 20.3 Å². The van der Waals surface area contributed by atoms with Gasteiger partial charge in [0, 0.05) is 6.42 Å². The summed E-state index contributed by atoms with van der Waals surface area (Å²) in [5.41, 5.74) is 0. The molecule has 3 atom stereocenters. The molecular weight excluding hydrogens is 731 g/mol. The number of carbonyl (C=O) groups is 2. The van der Waals surface area contributed by atoms with Gasteiger partial charge >= 0.3 is 5.97 Å². The average molecular weight is 836 g/mol. The third-order valence-corrected chi connectivity index (χ3v) is 12.7. The van der Waals surface area contributed by atoms with Gasteiger partial charge in [-0.25, -0.2) is 0 Å². The maximum Gasteiger partial charge on any atom is 0.306 e. The Kier molecular flexibility index (Phi) is 47.0. The molecule has 59 heavy (non-hydrogen) atoms. The molecule has 0 spiro atoms. The molecule has 0 aromatic heterocycles. The van der Waals surface area contributed by atoms with Crippen molar-refractivity contribution in [3.8, 4) is 0 Å². The molecule has 0 heterocycles. The molecule has 0 fully saturated rings. The zero-order chi connectivity index (χ0) is 43.1. The minimum absolute atomic E-state index is 0.0868. The van der Waals surface area contributed by atoms with Crippen molar-refractivity contribution < 1.29 is 24.5 Å². The van der Waals surface area contributed by atoms with Crippen LogP contribution in [0, 0.1) is 0 Å². The van der Waals surface area contributed by atoms with Gasteiger partial charge in [-0.3, -0.25) is 9.59 Å². The van der Waals surface area contributed by atoms with Gasteiger partial charge in [-0.05, 0) is 25.7 Å². The molecule has 0 aliphatic rings. The quantitative estimate of drug-likeness (QED) is 0.0419. The van der Waals surface area contributed by atoms with Gasteiger partial charge in [0.05, 0.1) is 25.2 Å². The average Bonchev–Trinajstić information content (AvgIpc) is 3.23. The molecule has 0 bridgehead atoms. The van der Waals surface area contributed by atoms with Crippen molar-refractivity contribution in [3.05, 3.63) is 0 Å². The second-order valence-electron chi connectivity index (χ2n) is 18.6. The Hall–Kier alpha value is -1.14. The van der Waals surface area contributed by atoms with E-state index in [4.69, 9.17) is 4.74 Å². The minimum Gasteiger partial charge on any atom is -0.462 e. The summed E-state index contributed by atoms with van der Waals surface area (Å²) in [5.74, 6) is -0.454. The van der Waals surface area contributed by atoms with Gasteiger partial charge in [-0.15, -0.1) is 0 Å². The summed E-state index contributed by atoms with van der Waals surface area (Å²) in [7, 11) is 0. The molecule has 0 radical (unpaired) electrons. The van der Waals surface area contributed by atoms with Gasteiger partial charge in [0.2, 0.25) is 5.91 Å². The van der Waals surface area contributed by atoms with Crippen molar-refractivity contribution >= 4 is 11.9 Å². The Bertz CT molecular complexity index is 852. The van der Waals surface area contributed by atoms with Crippen molar-refractivity contribution in [1.29, 1.82) is 0 Å². The second-order valence-corrected chi connectivity index (χ2v) is 18.6. The van der Waals surface area contributed by atoms with Crippen LogP contribution in [0.25, 0.3) is 0 Å². The number of esters is 1. The molecule has 352 valence electrons. The Morgan fingerprint density at radius 1 is 0.424 bits per heavy atom. The third kappa shape index (κ3) is 43.3. The van der Waals surface area contributed by atoms with Crippen LogP contribution in [0.2, 0.25) is 0 Å². The van der Waals surface area contributed by atoms with E-state index in [9.17, 15) is 19.8 Å². The van der Waals surface area contributed by atoms with Crippen LogP contribution in [0.5, 0.6) is 0 Å². The van der Waals surface area contributed by atoms with Crippen LogP contribution in [0.1, 0.15) is 303 Å². The first-order valence-electron chi connectivity index (χ1n) is 26.8. The Morgan fingerprint density at radius 2 is 0.712 bits per heavy atom. The van der Waals surface area contributed by atoms with Crippen LogP contribution in [0.4, 0.5) is 0 Å². The highest BCUT2D eigenvalue weighted by molar-refractivity contribution is 5.77. The smallest absolute Gasteiger partial charge is 0.306 e. The molecule has 0 aromatic rings. The Morgan fingerprint density at radius 3 is 1.03 bits per heavy atom. The summed E-state index contributed by atoms with van der Waals surface area (Å²) in [5, 5.41) is 23.8. The molecular formula is C53H105NO5. The fourth-order valence-electron chi connectivity index (χ4n) is 8.61. The lowest BCUT2D eigenvalue weighted by Crippen LogP contribution is -2.46. The zero-order valence-corrected chi connectivity index (χ0v) is 40.2. The first kappa shape index (κ1) is 57.9. The predicted molar refractivity (Wildman–Crippen MR) is 255 cm³/mol. The Balaban J connectivity index is 4.32. The van der Waals surface area contributed by atoms with E-state index in [2.05, 4.69) is 26.1 Å². The van der Waals surface area contributed by atoms with Crippen LogP contribution in [-0.4, -0.2) is 46.9 Å². The maximum absolute atomic E-state index is 13.2. The fourth-order valence-corrected chi connectivity index (χ4v) is 8.61. The van der Waals surface area contributed by atoms with Crippen LogP contribution in [-0.2, 0) is 14.3 Å². The van der Waals surface area contributed by atoms with E-state index < -0.39 is 18.2 Å². The fraction of sp³-hybridized carbons (Fsp3) is 0.962. The van der Waals surface area contributed by atoms with Gasteiger partial charge in [0.1, 0.15) is 6.10 Å². The molecule has 3 N–H and O–H groups in total. The summed E-state index contributed by atoms with van der Waals surface area (Å²) in [6.45, 7) is 6.50. The van der Waals surface area contributed by atoms with E-state index in [0.717, 1.165) is 38.5 Å². The first-order valence-corrected chi connectivity index (χ1v) is 26.8. The number of carbonyl (C=O) groups excluding carboxylic acids is 2. The van der Waals surface area contributed by atoms with Gasteiger partial charge in [-0.1, -0.05) is 265 Å². The molecule has 0 rings (SSSR count). The summed E-state index contributed by atoms with van der Waals surface area (Å²) < 4.78 is 5.92. The third-order valence-electron chi connectivity index (χ3n) is 12.7. The summed E-state index contributed by atoms with van der Waals surface area (Å²) in [6.07, 6.45) is 51.7. The number of amides is 1. The maximum atomic E-state index is 13.2. The lowest BCUT2D eigenvalue weighted by Gasteiger charge is -2.24. The van der Waals surface area contributed by atoms with Crippen molar-refractivity contribution in [2.75, 3.05) is 6.61 Å². The number of hydrogen-bond acceptors (Lipinski definition) is 5. The van der Waals surface area contributed by atoms with Crippen LogP contribution in [0.15, 0.2) is 0 Å². The molecule has 0 aliphatic carbocycles. The van der Waals surface area contributed by atoms with E-state index in [-0.39, 0.29) is 24.9 Å². The van der Waals surface area contributed by atoms with Crippen LogP contribution in [0.3, 0.4) is 0 Å². The van der Waals surface area contributed by atoms with E-state index in [1.807, 2.05) is 0 Å². The normalized spacial score (nSPS) is 13.1. The van der Waals surface area contributed by atoms with Crippen molar-refractivity contribution in [3.63, 3.8) is 0 Å². The van der Waals surface area contributed by atoms with E-state index in [1.54, 1.807) is 0 Å².